The number of benzene rings is 3. The van der Waals surface area contributed by atoms with Crippen LogP contribution >= 0.6 is 24.8 Å². The van der Waals surface area contributed by atoms with Gasteiger partial charge in [0, 0.05) is 0 Å². The van der Waals surface area contributed by atoms with E-state index in [4.69, 9.17) is 0 Å². The molecule has 0 heterocycles. The zero-order valence-corrected chi connectivity index (χ0v) is 31.6. The molecule has 0 aromatic heterocycles. The molecule has 0 saturated heterocycles. The van der Waals surface area contributed by atoms with Gasteiger partial charge >= 0.3 is 70.3 Å². The molecular formula is C39H50Cl2Zr. The van der Waals surface area contributed by atoms with Crippen molar-refractivity contribution < 1.29 is 24.2 Å². The van der Waals surface area contributed by atoms with Crippen molar-refractivity contribution in [2.45, 2.75) is 93.4 Å². The summed E-state index contributed by atoms with van der Waals surface area (Å²) >= 11 is 1.51. The van der Waals surface area contributed by atoms with E-state index in [0.717, 1.165) is 6.42 Å². The molecule has 0 nitrogen and oxygen atoms in total. The smallest absolute Gasteiger partial charge is 0.147 e. The molecule has 42 heavy (non-hydrogen) atoms. The van der Waals surface area contributed by atoms with Crippen LogP contribution in [0, 0.1) is 23.5 Å². The minimum atomic E-state index is 0. The standard InChI is InChI=1S/C21H25.C10H15.C8H8.2ClH.Zr/c1-20(2,3)16-7-9-18-14(12-16)11-15-13-17(21(4,5)6)8-10-19(15)18;1-8-5-6-9(7-8)10(2,3)4;1-2-8-6-4-3-5-7-8;;;/h7-10,12H,11H2,1-6H3;6-8H,1-4H3;3-7H,1H3;2*1H;/q2*-1;;;;+2. The molecule has 3 aromatic carbocycles. The summed E-state index contributed by atoms with van der Waals surface area (Å²) in [7, 11) is 0. The van der Waals surface area contributed by atoms with E-state index in [1.54, 1.807) is 0 Å². The van der Waals surface area contributed by atoms with Gasteiger partial charge in [-0.3, -0.25) is 6.08 Å². The fourth-order valence-corrected chi connectivity index (χ4v) is 5.18. The van der Waals surface area contributed by atoms with Gasteiger partial charge in [-0.1, -0.05) is 104 Å². The van der Waals surface area contributed by atoms with Gasteiger partial charge in [-0.05, 0) is 28.4 Å². The summed E-state index contributed by atoms with van der Waals surface area (Å²) in [5.41, 5.74) is 11.8. The number of fused-ring (bicyclic) bond motifs is 3. The summed E-state index contributed by atoms with van der Waals surface area (Å²) in [6.07, 6.45) is 8.68. The van der Waals surface area contributed by atoms with Crippen LogP contribution in [0.3, 0.4) is 0 Å². The number of allylic oxidation sites excluding steroid dienone is 4. The molecule has 1 unspecified atom stereocenters. The average Bonchev–Trinajstić information content (AvgIpc) is 3.47. The second kappa shape index (κ2) is 15.5. The molecule has 0 amide bonds. The van der Waals surface area contributed by atoms with Gasteiger partial charge in [-0.25, -0.2) is 6.08 Å². The molecule has 0 fully saturated rings. The first-order valence-electron chi connectivity index (χ1n) is 14.6. The number of rotatable bonds is 1. The Hall–Kier alpha value is -1.53. The second-order valence-corrected chi connectivity index (χ2v) is 16.1. The predicted octanol–water partition coefficient (Wildman–Crippen LogP) is 11.2. The third-order valence-corrected chi connectivity index (χ3v) is 8.18. The Morgan fingerprint density at radius 2 is 1.36 bits per heavy atom. The maximum Gasteiger partial charge on any atom is -0.147 e. The average molecular weight is 681 g/mol. The molecule has 2 aliphatic carbocycles. The Kier molecular flexibility index (Phi) is 14.2. The van der Waals surface area contributed by atoms with E-state index in [1.807, 2.05) is 6.07 Å². The molecule has 224 valence electrons. The van der Waals surface area contributed by atoms with E-state index in [0.29, 0.717) is 11.3 Å². The van der Waals surface area contributed by atoms with Crippen LogP contribution < -0.4 is 0 Å². The van der Waals surface area contributed by atoms with Crippen molar-refractivity contribution in [1.29, 1.82) is 0 Å². The third-order valence-electron chi connectivity index (χ3n) is 7.47. The molecule has 5 rings (SSSR count). The molecule has 0 N–H and O–H groups in total. The normalized spacial score (nSPS) is 15.0. The Balaban J connectivity index is 0.000000353. The van der Waals surface area contributed by atoms with Crippen molar-refractivity contribution in [3.63, 3.8) is 0 Å². The minimum absolute atomic E-state index is 0. The van der Waals surface area contributed by atoms with Gasteiger partial charge in [-0.2, -0.15) is 35.4 Å². The summed E-state index contributed by atoms with van der Waals surface area (Å²) in [5, 5.41) is 0. The van der Waals surface area contributed by atoms with E-state index in [2.05, 4.69) is 155 Å². The number of hydrogen-bond donors (Lipinski definition) is 0. The van der Waals surface area contributed by atoms with E-state index in [9.17, 15) is 0 Å². The van der Waals surface area contributed by atoms with Crippen molar-refractivity contribution >= 4 is 28.0 Å². The van der Waals surface area contributed by atoms with Crippen molar-refractivity contribution in [3.05, 3.63) is 118 Å². The summed E-state index contributed by atoms with van der Waals surface area (Å²) in [5.74, 6) is 0.522. The van der Waals surface area contributed by atoms with E-state index in [1.165, 1.54) is 72.0 Å². The van der Waals surface area contributed by atoms with Crippen LogP contribution in [-0.4, -0.2) is 3.21 Å². The van der Waals surface area contributed by atoms with Gasteiger partial charge in [0.05, 0.1) is 0 Å². The fraction of sp³-hybridized carbons (Fsp3) is 0.410. The first-order valence-corrected chi connectivity index (χ1v) is 15.8. The maximum absolute atomic E-state index is 3.67. The number of hydrogen-bond acceptors (Lipinski definition) is 0. The van der Waals surface area contributed by atoms with E-state index >= 15 is 0 Å². The van der Waals surface area contributed by atoms with Crippen LogP contribution in [0.4, 0.5) is 0 Å². The van der Waals surface area contributed by atoms with Crippen LogP contribution in [-0.2, 0) is 41.5 Å². The Bertz CT molecular complexity index is 1330. The van der Waals surface area contributed by atoms with Crippen molar-refractivity contribution in [2.24, 2.45) is 11.3 Å². The SMILES string of the molecule is CC(C)(C)c1[c-]c2c(cc1)-c1ccc(C(C)(C)C)cc1C2.CC1[C-]=CC(C(C)(C)C)=C1.C[C](=[Zr+2])c1ccccc1.Cl.Cl. The molecule has 3 aromatic rings. The third kappa shape index (κ3) is 10.6. The summed E-state index contributed by atoms with van der Waals surface area (Å²) in [4.78, 5) is 0. The van der Waals surface area contributed by atoms with Crippen molar-refractivity contribution in [3.8, 4) is 11.1 Å². The van der Waals surface area contributed by atoms with Gasteiger partial charge < -0.3 is 0 Å². The zero-order chi connectivity index (χ0) is 29.9. The molecular weight excluding hydrogens is 631 g/mol. The molecule has 2 aliphatic rings. The molecule has 0 radical (unpaired) electrons. The van der Waals surface area contributed by atoms with Crippen molar-refractivity contribution in [1.82, 2.24) is 0 Å². The van der Waals surface area contributed by atoms with Crippen LogP contribution in [0.15, 0.2) is 78.4 Å². The summed E-state index contributed by atoms with van der Waals surface area (Å²) < 4.78 is 1.46. The minimum Gasteiger partial charge on any atom is -0.147 e. The van der Waals surface area contributed by atoms with Crippen LogP contribution in [0.25, 0.3) is 11.1 Å². The molecule has 1 atom stereocenters. The topological polar surface area (TPSA) is 0 Å². The first kappa shape index (κ1) is 38.5. The van der Waals surface area contributed by atoms with E-state index < -0.39 is 0 Å². The zero-order valence-electron chi connectivity index (χ0n) is 27.5. The van der Waals surface area contributed by atoms with Gasteiger partial charge in [0.15, 0.2) is 0 Å². The number of halogens is 2. The molecule has 0 spiro atoms. The fourth-order valence-electron chi connectivity index (χ4n) is 4.77. The quantitative estimate of drug-likeness (QED) is 0.176. The summed E-state index contributed by atoms with van der Waals surface area (Å²) in [6.45, 7) is 24.6. The first-order chi connectivity index (χ1) is 18.5. The van der Waals surface area contributed by atoms with Crippen molar-refractivity contribution in [2.75, 3.05) is 0 Å². The van der Waals surface area contributed by atoms with E-state index in [-0.39, 0.29) is 35.6 Å². The van der Waals surface area contributed by atoms with Gasteiger partial charge in [-0.15, -0.1) is 35.9 Å². The van der Waals surface area contributed by atoms with Gasteiger partial charge in [0.2, 0.25) is 0 Å². The molecule has 0 saturated carbocycles. The Morgan fingerprint density at radius 1 is 0.762 bits per heavy atom. The van der Waals surface area contributed by atoms with Crippen LogP contribution in [0.1, 0.15) is 104 Å². The van der Waals surface area contributed by atoms with Gasteiger partial charge in [0.25, 0.3) is 0 Å². The Labute approximate surface area is 284 Å². The largest absolute Gasteiger partial charge is 0.147 e. The molecule has 3 heteroatoms. The Morgan fingerprint density at radius 3 is 1.79 bits per heavy atom. The monoisotopic (exact) mass is 678 g/mol. The molecule has 0 aliphatic heterocycles. The maximum atomic E-state index is 3.67. The summed E-state index contributed by atoms with van der Waals surface area (Å²) in [6, 6.07) is 25.6. The second-order valence-electron chi connectivity index (χ2n) is 14.3. The predicted molar refractivity (Wildman–Crippen MR) is 186 cm³/mol. The molecule has 0 bridgehead atoms. The van der Waals surface area contributed by atoms with Crippen LogP contribution in [0.2, 0.25) is 0 Å². The van der Waals surface area contributed by atoms with Gasteiger partial charge in [0.1, 0.15) is 0 Å². The van der Waals surface area contributed by atoms with Crippen LogP contribution in [0.5, 0.6) is 0 Å².